The first-order chi connectivity index (χ1) is 14.2. The van der Waals surface area contributed by atoms with E-state index in [4.69, 9.17) is 4.74 Å². The number of hydrogen-bond donors (Lipinski definition) is 1. The Balaban J connectivity index is 1.69. The van der Waals surface area contributed by atoms with Gasteiger partial charge in [0.15, 0.2) is 0 Å². The third kappa shape index (κ3) is 3.81. The van der Waals surface area contributed by atoms with Crippen LogP contribution in [0.15, 0.2) is 6.07 Å². The van der Waals surface area contributed by atoms with Crippen LogP contribution in [0.25, 0.3) is 5.78 Å². The molecule has 158 valence electrons. The van der Waals surface area contributed by atoms with Gasteiger partial charge in [-0.2, -0.15) is 4.98 Å². The van der Waals surface area contributed by atoms with Gasteiger partial charge in [0.2, 0.25) is 5.82 Å². The van der Waals surface area contributed by atoms with Crippen LogP contribution in [0.1, 0.15) is 70.0 Å². The summed E-state index contributed by atoms with van der Waals surface area (Å²) in [6.45, 7) is 9.58. The Morgan fingerprint density at radius 1 is 1.30 bits per heavy atom. The molecule has 0 aromatic carbocycles. The van der Waals surface area contributed by atoms with Crippen LogP contribution in [-0.4, -0.2) is 37.6 Å². The molecule has 0 bridgehead atoms. The van der Waals surface area contributed by atoms with Crippen molar-refractivity contribution >= 4 is 34.0 Å². The highest BCUT2D eigenvalue weighted by atomic mass is 32.1. The molecule has 0 fully saturated rings. The monoisotopic (exact) mass is 427 g/mol. The van der Waals surface area contributed by atoms with Gasteiger partial charge in [-0.3, -0.25) is 4.79 Å². The Kier molecular flexibility index (Phi) is 5.31. The molecule has 1 amide bonds. The molecule has 0 spiro atoms. The lowest BCUT2D eigenvalue weighted by molar-refractivity contribution is 0.0378. The Morgan fingerprint density at radius 3 is 2.80 bits per heavy atom. The van der Waals surface area contributed by atoms with Gasteiger partial charge in [-0.1, -0.05) is 6.92 Å². The maximum Gasteiger partial charge on any atom is 0.341 e. The fourth-order valence-electron chi connectivity index (χ4n) is 3.75. The van der Waals surface area contributed by atoms with Crippen molar-refractivity contribution in [1.82, 2.24) is 19.6 Å². The van der Waals surface area contributed by atoms with Crippen molar-refractivity contribution in [3.63, 3.8) is 0 Å². The van der Waals surface area contributed by atoms with E-state index in [0.29, 0.717) is 22.3 Å². The SMILES string of the molecule is Cc1cc(C)n2nc(C(=O)Nc3sc4c(c3C(=O)OC(C)C)CCC(C)C4)nc2n1. The smallest absolute Gasteiger partial charge is 0.341 e. The molecule has 0 radical (unpaired) electrons. The molecule has 1 aliphatic rings. The first kappa shape index (κ1) is 20.5. The molecule has 4 rings (SSSR count). The predicted molar refractivity (Wildman–Crippen MR) is 114 cm³/mol. The number of fused-ring (bicyclic) bond motifs is 2. The standard InChI is InChI=1S/C21H25N5O3S/c1-10(2)29-20(28)16-14-7-6-11(3)8-15(14)30-19(16)24-18(27)17-23-21-22-12(4)9-13(5)26(21)25-17/h9-11H,6-8H2,1-5H3,(H,24,27). The molecule has 1 aliphatic carbocycles. The Hall–Kier alpha value is -2.81. The molecule has 30 heavy (non-hydrogen) atoms. The summed E-state index contributed by atoms with van der Waals surface area (Å²) in [4.78, 5) is 35.5. The molecule has 0 saturated carbocycles. The number of carbonyl (C=O) groups is 2. The van der Waals surface area contributed by atoms with Gasteiger partial charge in [-0.05, 0) is 64.5 Å². The Labute approximate surface area is 178 Å². The predicted octanol–water partition coefficient (Wildman–Crippen LogP) is 3.74. The van der Waals surface area contributed by atoms with Crippen molar-refractivity contribution < 1.29 is 14.3 Å². The summed E-state index contributed by atoms with van der Waals surface area (Å²) < 4.78 is 7.00. The van der Waals surface area contributed by atoms with Gasteiger partial charge < -0.3 is 10.1 Å². The maximum atomic E-state index is 12.9. The van der Waals surface area contributed by atoms with E-state index in [0.717, 1.165) is 41.1 Å². The van der Waals surface area contributed by atoms with Gasteiger partial charge in [0, 0.05) is 16.3 Å². The summed E-state index contributed by atoms with van der Waals surface area (Å²) in [7, 11) is 0. The number of hydrogen-bond acceptors (Lipinski definition) is 7. The van der Waals surface area contributed by atoms with E-state index in [2.05, 4.69) is 27.3 Å². The highest BCUT2D eigenvalue weighted by Crippen LogP contribution is 2.40. The normalized spacial score (nSPS) is 16.0. The van der Waals surface area contributed by atoms with Crippen LogP contribution < -0.4 is 5.32 Å². The second-order valence-corrected chi connectivity index (χ2v) is 9.26. The third-order valence-corrected chi connectivity index (χ3v) is 6.28. The van der Waals surface area contributed by atoms with Crippen LogP contribution in [-0.2, 0) is 17.6 Å². The van der Waals surface area contributed by atoms with E-state index in [9.17, 15) is 9.59 Å². The quantitative estimate of drug-likeness (QED) is 0.637. The van der Waals surface area contributed by atoms with Crippen molar-refractivity contribution in [2.24, 2.45) is 5.92 Å². The zero-order chi connectivity index (χ0) is 21.6. The molecule has 0 saturated heterocycles. The number of carbonyl (C=O) groups excluding carboxylic acids is 2. The molecule has 1 unspecified atom stereocenters. The number of aromatic nitrogens is 4. The van der Waals surface area contributed by atoms with E-state index in [-0.39, 0.29) is 11.9 Å². The van der Waals surface area contributed by atoms with E-state index in [1.807, 2.05) is 33.8 Å². The average Bonchev–Trinajstić information content (AvgIpc) is 3.21. The van der Waals surface area contributed by atoms with Crippen molar-refractivity contribution in [1.29, 1.82) is 0 Å². The van der Waals surface area contributed by atoms with E-state index < -0.39 is 11.9 Å². The lowest BCUT2D eigenvalue weighted by atomic mass is 9.88. The van der Waals surface area contributed by atoms with Gasteiger partial charge in [0.25, 0.3) is 11.7 Å². The summed E-state index contributed by atoms with van der Waals surface area (Å²) in [6, 6.07) is 1.87. The second kappa shape index (κ2) is 7.79. The minimum Gasteiger partial charge on any atom is -0.459 e. The Bertz CT molecular complexity index is 1150. The molecular formula is C21H25N5O3S. The molecule has 0 aliphatic heterocycles. The largest absolute Gasteiger partial charge is 0.459 e. The van der Waals surface area contributed by atoms with Crippen molar-refractivity contribution in [3.8, 4) is 0 Å². The molecule has 9 heteroatoms. The van der Waals surface area contributed by atoms with Crippen molar-refractivity contribution in [2.45, 2.75) is 60.0 Å². The molecule has 1 atom stereocenters. The fraction of sp³-hybridized carbons (Fsp3) is 0.476. The van der Waals surface area contributed by atoms with Gasteiger partial charge in [-0.25, -0.2) is 14.3 Å². The molecule has 3 aromatic rings. The Morgan fingerprint density at radius 2 is 2.07 bits per heavy atom. The molecule has 1 N–H and O–H groups in total. The van der Waals surface area contributed by atoms with E-state index in [1.165, 1.54) is 15.9 Å². The number of rotatable bonds is 4. The lowest BCUT2D eigenvalue weighted by Crippen LogP contribution is -2.19. The van der Waals surface area contributed by atoms with Crippen LogP contribution in [0.4, 0.5) is 5.00 Å². The number of amides is 1. The van der Waals surface area contributed by atoms with Crippen LogP contribution in [0.5, 0.6) is 0 Å². The summed E-state index contributed by atoms with van der Waals surface area (Å²) in [5.74, 6) is 0.0628. The third-order valence-electron chi connectivity index (χ3n) is 5.11. The molecule has 3 heterocycles. The average molecular weight is 428 g/mol. The molecule has 3 aromatic heterocycles. The number of nitrogens with one attached hydrogen (secondary N) is 1. The van der Waals surface area contributed by atoms with Gasteiger partial charge >= 0.3 is 5.97 Å². The second-order valence-electron chi connectivity index (χ2n) is 8.15. The highest BCUT2D eigenvalue weighted by molar-refractivity contribution is 7.17. The number of nitrogens with zero attached hydrogens (tertiary/aromatic N) is 4. The summed E-state index contributed by atoms with van der Waals surface area (Å²) in [5.41, 5.74) is 3.11. The van der Waals surface area contributed by atoms with Crippen LogP contribution in [0.2, 0.25) is 0 Å². The van der Waals surface area contributed by atoms with Gasteiger partial charge in [0.05, 0.1) is 11.7 Å². The molecular weight excluding hydrogens is 402 g/mol. The topological polar surface area (TPSA) is 98.5 Å². The first-order valence-electron chi connectivity index (χ1n) is 10.1. The highest BCUT2D eigenvalue weighted by Gasteiger charge is 2.30. The van der Waals surface area contributed by atoms with Gasteiger partial charge in [0.1, 0.15) is 5.00 Å². The number of esters is 1. The number of thiophene rings is 1. The van der Waals surface area contributed by atoms with E-state index in [1.54, 1.807) is 0 Å². The fourth-order valence-corrected chi connectivity index (χ4v) is 5.14. The van der Waals surface area contributed by atoms with Crippen LogP contribution >= 0.6 is 11.3 Å². The lowest BCUT2D eigenvalue weighted by Gasteiger charge is -2.18. The minimum atomic E-state index is -0.470. The molecule has 8 nitrogen and oxygen atoms in total. The number of anilines is 1. The zero-order valence-electron chi connectivity index (χ0n) is 17.8. The maximum absolute atomic E-state index is 12.9. The summed E-state index contributed by atoms with van der Waals surface area (Å²) in [5, 5.41) is 7.65. The van der Waals surface area contributed by atoms with Crippen molar-refractivity contribution in [3.05, 3.63) is 39.3 Å². The van der Waals surface area contributed by atoms with E-state index >= 15 is 0 Å². The first-order valence-corrected chi connectivity index (χ1v) is 10.9. The summed E-state index contributed by atoms with van der Waals surface area (Å²) in [6.07, 6.45) is 2.47. The zero-order valence-corrected chi connectivity index (χ0v) is 18.6. The van der Waals surface area contributed by atoms with Crippen LogP contribution in [0, 0.1) is 19.8 Å². The van der Waals surface area contributed by atoms with Gasteiger partial charge in [-0.15, -0.1) is 16.4 Å². The summed E-state index contributed by atoms with van der Waals surface area (Å²) >= 11 is 1.45. The van der Waals surface area contributed by atoms with Crippen molar-refractivity contribution in [2.75, 3.05) is 5.32 Å². The minimum absolute atomic E-state index is 0.0131. The van der Waals surface area contributed by atoms with Crippen LogP contribution in [0.3, 0.4) is 0 Å². The number of aryl methyl sites for hydroxylation is 2. The number of ether oxygens (including phenoxy) is 1.